The molecular weight excluding hydrogens is 311 g/mol. The monoisotopic (exact) mass is 330 g/mol. The van der Waals surface area contributed by atoms with Crippen molar-refractivity contribution in [2.24, 2.45) is 0 Å². The van der Waals surface area contributed by atoms with Crippen LogP contribution in [-0.4, -0.2) is 24.2 Å². The predicted molar refractivity (Wildman–Crippen MR) is 85.5 cm³/mol. The predicted octanol–water partition coefficient (Wildman–Crippen LogP) is 3.04. The third-order valence-corrected chi connectivity index (χ3v) is 5.08. The van der Waals surface area contributed by atoms with Crippen molar-refractivity contribution in [3.05, 3.63) is 29.6 Å². The second kappa shape index (κ2) is 7.47. The molecule has 6 heteroatoms. The molecule has 0 bridgehead atoms. The van der Waals surface area contributed by atoms with E-state index in [0.717, 1.165) is 48.4 Å². The van der Waals surface area contributed by atoms with E-state index in [1.165, 1.54) is 6.07 Å². The molecule has 2 N–H and O–H groups in total. The Morgan fingerprint density at radius 1 is 1.33 bits per heavy atom. The number of halogens is 2. The first-order valence-corrected chi connectivity index (χ1v) is 8.18. The third kappa shape index (κ3) is 3.90. The highest BCUT2D eigenvalue weighted by Crippen LogP contribution is 2.36. The summed E-state index contributed by atoms with van der Waals surface area (Å²) in [6, 6.07) is 4.71. The molecule has 1 amide bonds. The van der Waals surface area contributed by atoms with Crippen LogP contribution in [-0.2, 0) is 4.79 Å². The number of amides is 1. The Morgan fingerprint density at radius 2 is 2.19 bits per heavy atom. The summed E-state index contributed by atoms with van der Waals surface area (Å²) >= 11 is 1.73. The number of hydrogen-bond acceptors (Lipinski definition) is 3. The van der Waals surface area contributed by atoms with Crippen molar-refractivity contribution >= 4 is 30.1 Å². The molecule has 2 heterocycles. The van der Waals surface area contributed by atoms with Crippen LogP contribution in [0.5, 0.6) is 0 Å². The largest absolute Gasteiger partial charge is 0.348 e. The molecule has 0 aliphatic carbocycles. The lowest BCUT2D eigenvalue weighted by Crippen LogP contribution is -2.47. The Labute approximate surface area is 134 Å². The lowest BCUT2D eigenvalue weighted by Gasteiger charge is -2.29. The molecule has 1 fully saturated rings. The second-order valence-corrected chi connectivity index (χ2v) is 6.52. The van der Waals surface area contributed by atoms with Gasteiger partial charge >= 0.3 is 0 Å². The van der Waals surface area contributed by atoms with Gasteiger partial charge < -0.3 is 10.6 Å². The van der Waals surface area contributed by atoms with E-state index in [4.69, 9.17) is 0 Å². The van der Waals surface area contributed by atoms with Gasteiger partial charge in [-0.1, -0.05) is 6.42 Å². The van der Waals surface area contributed by atoms with E-state index in [0.29, 0.717) is 0 Å². The van der Waals surface area contributed by atoms with E-state index in [-0.39, 0.29) is 36.2 Å². The summed E-state index contributed by atoms with van der Waals surface area (Å²) in [5.41, 5.74) is 0.922. The average Bonchev–Trinajstić information content (AvgIpc) is 2.49. The summed E-state index contributed by atoms with van der Waals surface area (Å²) < 4.78 is 13.4. The summed E-state index contributed by atoms with van der Waals surface area (Å²) in [5.74, 6) is 0.778. The van der Waals surface area contributed by atoms with E-state index >= 15 is 0 Å². The van der Waals surface area contributed by atoms with E-state index in [9.17, 15) is 9.18 Å². The van der Waals surface area contributed by atoms with Crippen molar-refractivity contribution in [1.29, 1.82) is 0 Å². The Morgan fingerprint density at radius 3 is 2.95 bits per heavy atom. The molecule has 2 aliphatic rings. The molecule has 2 atom stereocenters. The number of benzene rings is 1. The van der Waals surface area contributed by atoms with E-state index in [2.05, 4.69) is 10.6 Å². The zero-order chi connectivity index (χ0) is 13.9. The van der Waals surface area contributed by atoms with Gasteiger partial charge in [-0.05, 0) is 49.6 Å². The lowest BCUT2D eigenvalue weighted by molar-refractivity contribution is -0.124. The molecule has 21 heavy (non-hydrogen) atoms. The maximum absolute atomic E-state index is 13.4. The van der Waals surface area contributed by atoms with Crippen molar-refractivity contribution in [3.8, 4) is 0 Å². The number of carbonyl (C=O) groups excluding carboxylic acids is 1. The van der Waals surface area contributed by atoms with Crippen LogP contribution in [0.15, 0.2) is 23.1 Å². The van der Waals surface area contributed by atoms with E-state index in [1.54, 1.807) is 17.8 Å². The van der Waals surface area contributed by atoms with Gasteiger partial charge in [0, 0.05) is 10.6 Å². The average molecular weight is 331 g/mol. The first-order valence-electron chi connectivity index (χ1n) is 7.20. The number of piperidine rings is 1. The fourth-order valence-corrected chi connectivity index (χ4v) is 3.97. The van der Waals surface area contributed by atoms with Gasteiger partial charge in [-0.25, -0.2) is 4.39 Å². The first kappa shape index (κ1) is 16.6. The molecule has 2 aliphatic heterocycles. The summed E-state index contributed by atoms with van der Waals surface area (Å²) in [6.45, 7) is 0.907. The quantitative estimate of drug-likeness (QED) is 0.875. The zero-order valence-electron chi connectivity index (χ0n) is 11.7. The van der Waals surface area contributed by atoms with Crippen molar-refractivity contribution in [2.45, 2.75) is 42.7 Å². The Kier molecular flexibility index (Phi) is 5.90. The molecule has 1 aromatic rings. The number of hydrogen-bond donors (Lipinski definition) is 2. The molecule has 0 radical (unpaired) electrons. The Bertz CT molecular complexity index is 508. The van der Waals surface area contributed by atoms with Gasteiger partial charge in [0.2, 0.25) is 5.91 Å². The van der Waals surface area contributed by atoms with Crippen molar-refractivity contribution in [2.75, 3.05) is 12.3 Å². The van der Waals surface area contributed by atoms with Crippen LogP contribution >= 0.6 is 24.2 Å². The van der Waals surface area contributed by atoms with Gasteiger partial charge in [0.05, 0.1) is 12.1 Å². The topological polar surface area (TPSA) is 41.1 Å². The van der Waals surface area contributed by atoms with E-state index < -0.39 is 0 Å². The van der Waals surface area contributed by atoms with Crippen LogP contribution < -0.4 is 10.6 Å². The second-order valence-electron chi connectivity index (χ2n) is 5.38. The molecule has 0 spiro atoms. The minimum absolute atomic E-state index is 0. The molecule has 1 aromatic carbocycles. The van der Waals surface area contributed by atoms with Gasteiger partial charge in [0.25, 0.3) is 0 Å². The molecule has 1 unspecified atom stereocenters. The van der Waals surface area contributed by atoms with Gasteiger partial charge in [0.1, 0.15) is 5.82 Å². The van der Waals surface area contributed by atoms with Gasteiger partial charge in [-0.3, -0.25) is 4.79 Å². The Hall–Kier alpha value is -0.780. The number of nitrogens with one attached hydrogen (secondary N) is 2. The highest BCUT2D eigenvalue weighted by atomic mass is 35.5. The number of fused-ring (bicyclic) bond motifs is 1. The fraction of sp³-hybridized carbons (Fsp3) is 0.533. The van der Waals surface area contributed by atoms with Gasteiger partial charge in [0.15, 0.2) is 0 Å². The van der Waals surface area contributed by atoms with Crippen molar-refractivity contribution < 1.29 is 9.18 Å². The minimum atomic E-state index is -0.235. The smallest absolute Gasteiger partial charge is 0.237 e. The van der Waals surface area contributed by atoms with Crippen molar-refractivity contribution in [1.82, 2.24) is 10.6 Å². The highest BCUT2D eigenvalue weighted by molar-refractivity contribution is 7.99. The normalized spacial score (nSPS) is 24.6. The van der Waals surface area contributed by atoms with Gasteiger partial charge in [-0.15, -0.1) is 24.2 Å². The third-order valence-electron chi connectivity index (χ3n) is 3.95. The molecule has 3 rings (SSSR count). The van der Waals surface area contributed by atoms with Crippen LogP contribution in [0.1, 0.15) is 37.3 Å². The number of carbonyl (C=O) groups is 1. The molecule has 116 valence electrons. The minimum Gasteiger partial charge on any atom is -0.348 e. The van der Waals surface area contributed by atoms with Crippen LogP contribution in [0.4, 0.5) is 4.39 Å². The van der Waals surface area contributed by atoms with Crippen LogP contribution in [0, 0.1) is 5.82 Å². The Balaban J connectivity index is 0.00000161. The zero-order valence-corrected chi connectivity index (χ0v) is 13.4. The maximum Gasteiger partial charge on any atom is 0.237 e. The molecular formula is C15H20ClFN2OS. The number of thioether (sulfide) groups is 1. The first-order chi connectivity index (χ1) is 9.74. The molecule has 3 nitrogen and oxygen atoms in total. The molecule has 0 saturated carbocycles. The van der Waals surface area contributed by atoms with E-state index in [1.807, 2.05) is 6.07 Å². The maximum atomic E-state index is 13.4. The summed E-state index contributed by atoms with van der Waals surface area (Å²) in [4.78, 5) is 13.4. The standard InChI is InChI=1S/C15H19FN2OS.ClH/c16-10-4-5-14-11(9-10)12(6-8-20-14)18-15(19)13-3-1-2-7-17-13;/h4-5,9,12-13,17H,1-3,6-8H2,(H,18,19);1H/t12?,13-;/m1./s1. The summed E-state index contributed by atoms with van der Waals surface area (Å²) in [7, 11) is 0. The highest BCUT2D eigenvalue weighted by Gasteiger charge is 2.27. The molecule has 0 aromatic heterocycles. The fourth-order valence-electron chi connectivity index (χ4n) is 2.86. The number of rotatable bonds is 2. The summed E-state index contributed by atoms with van der Waals surface area (Å²) in [6.07, 6.45) is 3.98. The summed E-state index contributed by atoms with van der Waals surface area (Å²) in [5, 5.41) is 6.34. The van der Waals surface area contributed by atoms with Crippen molar-refractivity contribution in [3.63, 3.8) is 0 Å². The lowest BCUT2D eigenvalue weighted by atomic mass is 10.0. The van der Waals surface area contributed by atoms with Crippen LogP contribution in [0.2, 0.25) is 0 Å². The van der Waals surface area contributed by atoms with Crippen LogP contribution in [0.25, 0.3) is 0 Å². The molecule has 1 saturated heterocycles. The van der Waals surface area contributed by atoms with Gasteiger partial charge in [-0.2, -0.15) is 0 Å². The van der Waals surface area contributed by atoms with Crippen LogP contribution in [0.3, 0.4) is 0 Å². The SMILES string of the molecule is Cl.O=C(NC1CCSc2ccc(F)cc21)[C@H]1CCCCN1.